The van der Waals surface area contributed by atoms with Crippen LogP contribution in [0.25, 0.3) is 5.76 Å². The molecular weight excluding hydrogens is 442 g/mol. The zero-order chi connectivity index (χ0) is 23.9. The lowest BCUT2D eigenvalue weighted by molar-refractivity contribution is -0.141. The molecule has 0 aromatic heterocycles. The Balaban J connectivity index is 1.96. The summed E-state index contributed by atoms with van der Waals surface area (Å²) in [7, 11) is 1.51. The summed E-state index contributed by atoms with van der Waals surface area (Å²) in [6.45, 7) is 3.75. The molecule has 1 atom stereocenters. The molecule has 6 nitrogen and oxygen atoms in total. The van der Waals surface area contributed by atoms with Crippen LogP contribution in [0.1, 0.15) is 60.4 Å². The summed E-state index contributed by atoms with van der Waals surface area (Å²) >= 11 is 6.20. The molecule has 1 saturated carbocycles. The van der Waals surface area contributed by atoms with Gasteiger partial charge in [-0.25, -0.2) is 0 Å². The number of benzene rings is 2. The van der Waals surface area contributed by atoms with Crippen LogP contribution in [0, 0.1) is 13.8 Å². The van der Waals surface area contributed by atoms with Gasteiger partial charge in [0.25, 0.3) is 11.7 Å². The average Bonchev–Trinajstić information content (AvgIpc) is 3.06. The number of phenolic OH excluding ortho intramolecular Hbond substituents is 1. The number of amides is 1. The van der Waals surface area contributed by atoms with Gasteiger partial charge in [0, 0.05) is 6.04 Å². The number of nitrogens with zero attached hydrogens (tertiary/aromatic N) is 1. The second-order valence-electron chi connectivity index (χ2n) is 8.87. The fourth-order valence-corrected chi connectivity index (χ4v) is 5.34. The topological polar surface area (TPSA) is 87.1 Å². The van der Waals surface area contributed by atoms with Gasteiger partial charge >= 0.3 is 0 Å². The molecule has 2 fully saturated rings. The molecule has 7 heteroatoms. The van der Waals surface area contributed by atoms with E-state index in [1.807, 2.05) is 19.9 Å². The number of hydrogen-bond donors (Lipinski definition) is 2. The predicted molar refractivity (Wildman–Crippen MR) is 127 cm³/mol. The molecule has 33 heavy (non-hydrogen) atoms. The summed E-state index contributed by atoms with van der Waals surface area (Å²) in [4.78, 5) is 28.2. The minimum atomic E-state index is -0.809. The molecule has 1 aliphatic carbocycles. The molecule has 1 aliphatic heterocycles. The van der Waals surface area contributed by atoms with E-state index in [4.69, 9.17) is 16.3 Å². The van der Waals surface area contributed by atoms with E-state index in [0.717, 1.165) is 43.2 Å². The Morgan fingerprint density at radius 2 is 1.79 bits per heavy atom. The van der Waals surface area contributed by atoms with Gasteiger partial charge in [-0.3, -0.25) is 9.59 Å². The van der Waals surface area contributed by atoms with E-state index >= 15 is 0 Å². The number of halogens is 1. The van der Waals surface area contributed by atoms with Crippen LogP contribution < -0.4 is 4.74 Å². The highest BCUT2D eigenvalue weighted by Gasteiger charge is 2.49. The van der Waals surface area contributed by atoms with Crippen molar-refractivity contribution in [3.8, 4) is 11.5 Å². The Bertz CT molecular complexity index is 1150. The fourth-order valence-electron chi connectivity index (χ4n) is 5.15. The quantitative estimate of drug-likeness (QED) is 0.354. The second-order valence-corrected chi connectivity index (χ2v) is 9.28. The molecule has 0 spiro atoms. The molecule has 0 radical (unpaired) electrons. The van der Waals surface area contributed by atoms with Crippen molar-refractivity contribution in [2.75, 3.05) is 7.11 Å². The van der Waals surface area contributed by atoms with Gasteiger partial charge in [-0.15, -0.1) is 0 Å². The highest BCUT2D eigenvalue weighted by molar-refractivity contribution is 6.46. The largest absolute Gasteiger partial charge is 0.507 e. The van der Waals surface area contributed by atoms with Crippen molar-refractivity contribution in [1.29, 1.82) is 0 Å². The number of aryl methyl sites for hydroxylation is 2. The first-order valence-electron chi connectivity index (χ1n) is 11.2. The molecule has 2 N–H and O–H groups in total. The average molecular weight is 470 g/mol. The van der Waals surface area contributed by atoms with Crippen LogP contribution in [0.15, 0.2) is 35.9 Å². The third-order valence-electron chi connectivity index (χ3n) is 6.61. The van der Waals surface area contributed by atoms with E-state index in [0.29, 0.717) is 16.9 Å². The maximum absolute atomic E-state index is 13.3. The number of likely N-dealkylation sites (tertiary alicyclic amines) is 1. The van der Waals surface area contributed by atoms with E-state index in [1.165, 1.54) is 13.2 Å². The van der Waals surface area contributed by atoms with Crippen molar-refractivity contribution < 1.29 is 24.5 Å². The van der Waals surface area contributed by atoms with Gasteiger partial charge in [-0.1, -0.05) is 43.0 Å². The number of phenols is 1. The highest BCUT2D eigenvalue weighted by Crippen LogP contribution is 2.45. The zero-order valence-electron chi connectivity index (χ0n) is 19.0. The van der Waals surface area contributed by atoms with Crippen molar-refractivity contribution >= 4 is 29.1 Å². The lowest BCUT2D eigenvalue weighted by Gasteiger charge is -2.35. The van der Waals surface area contributed by atoms with Crippen LogP contribution in [0.4, 0.5) is 0 Å². The van der Waals surface area contributed by atoms with Crippen LogP contribution >= 0.6 is 11.6 Å². The van der Waals surface area contributed by atoms with Gasteiger partial charge in [0.2, 0.25) is 0 Å². The molecule has 4 rings (SSSR count). The van der Waals surface area contributed by atoms with Crippen LogP contribution in [-0.4, -0.2) is 40.0 Å². The summed E-state index contributed by atoms with van der Waals surface area (Å²) in [6, 6.07) is 7.38. The SMILES string of the molecule is COc1c(C)cc(C)cc1/C(O)=C1\C(=O)C(=O)N(C2CCCCC2)C1c1ccc(O)c(Cl)c1. The fraction of sp³-hybridized carbons (Fsp3) is 0.385. The Hall–Kier alpha value is -2.99. The van der Waals surface area contributed by atoms with E-state index in [9.17, 15) is 19.8 Å². The van der Waals surface area contributed by atoms with Crippen molar-refractivity contribution in [3.63, 3.8) is 0 Å². The molecule has 174 valence electrons. The number of Topliss-reactive ketones (excluding diaryl/α,β-unsaturated/α-hetero) is 1. The number of hydrogen-bond acceptors (Lipinski definition) is 5. The third kappa shape index (κ3) is 4.08. The van der Waals surface area contributed by atoms with Crippen LogP contribution in [0.2, 0.25) is 5.02 Å². The first-order chi connectivity index (χ1) is 15.7. The van der Waals surface area contributed by atoms with Crippen molar-refractivity contribution in [1.82, 2.24) is 4.90 Å². The van der Waals surface area contributed by atoms with Crippen molar-refractivity contribution in [2.24, 2.45) is 0 Å². The maximum Gasteiger partial charge on any atom is 0.295 e. The Morgan fingerprint density at radius 1 is 1.09 bits per heavy atom. The lowest BCUT2D eigenvalue weighted by Crippen LogP contribution is -2.40. The zero-order valence-corrected chi connectivity index (χ0v) is 19.8. The van der Waals surface area contributed by atoms with E-state index in [1.54, 1.807) is 23.1 Å². The summed E-state index contributed by atoms with van der Waals surface area (Å²) in [6.07, 6.45) is 4.63. The number of aromatic hydroxyl groups is 1. The number of aliphatic hydroxyl groups excluding tert-OH is 1. The molecule has 1 saturated heterocycles. The monoisotopic (exact) mass is 469 g/mol. The molecule has 2 aromatic rings. The number of aliphatic hydroxyl groups is 1. The van der Waals surface area contributed by atoms with Gasteiger partial charge in [0.05, 0.1) is 29.3 Å². The first kappa shape index (κ1) is 23.2. The molecule has 1 heterocycles. The van der Waals surface area contributed by atoms with Gasteiger partial charge in [0.15, 0.2) is 0 Å². The summed E-state index contributed by atoms with van der Waals surface area (Å²) in [5.74, 6) is -1.27. The van der Waals surface area contributed by atoms with Crippen LogP contribution in [-0.2, 0) is 9.59 Å². The van der Waals surface area contributed by atoms with E-state index in [2.05, 4.69) is 0 Å². The Kier molecular flexibility index (Phi) is 6.39. The number of ether oxygens (including phenoxy) is 1. The molecule has 2 aromatic carbocycles. The predicted octanol–water partition coefficient (Wildman–Crippen LogP) is 5.43. The molecule has 0 bridgehead atoms. The third-order valence-corrected chi connectivity index (χ3v) is 6.92. The minimum Gasteiger partial charge on any atom is -0.507 e. The van der Waals surface area contributed by atoms with Crippen molar-refractivity contribution in [3.05, 3.63) is 63.2 Å². The van der Waals surface area contributed by atoms with Crippen LogP contribution in [0.5, 0.6) is 11.5 Å². The second kappa shape index (κ2) is 9.10. The molecular formula is C26H28ClNO5. The summed E-state index contributed by atoms with van der Waals surface area (Å²) in [5.41, 5.74) is 2.64. The number of carbonyl (C=O) groups is 2. The van der Waals surface area contributed by atoms with Gasteiger partial charge in [-0.05, 0) is 61.6 Å². The first-order valence-corrected chi connectivity index (χ1v) is 11.6. The van der Waals surface area contributed by atoms with Gasteiger partial charge in [0.1, 0.15) is 17.3 Å². The number of carbonyl (C=O) groups excluding carboxylic acids is 2. The van der Waals surface area contributed by atoms with Crippen LogP contribution in [0.3, 0.4) is 0 Å². The molecule has 1 unspecified atom stereocenters. The normalized spacial score (nSPS) is 21.0. The maximum atomic E-state index is 13.3. The van der Waals surface area contributed by atoms with E-state index in [-0.39, 0.29) is 28.1 Å². The molecule has 1 amide bonds. The standard InChI is InChI=1S/C26H28ClNO5/c1-14-11-15(2)25(33-3)18(12-14)23(30)21-22(16-9-10-20(29)19(27)13-16)28(26(32)24(21)31)17-7-5-4-6-8-17/h9-13,17,22,29-30H,4-8H2,1-3H3/b23-21+. The highest BCUT2D eigenvalue weighted by atomic mass is 35.5. The Morgan fingerprint density at radius 3 is 2.42 bits per heavy atom. The number of rotatable bonds is 4. The lowest BCUT2D eigenvalue weighted by atomic mass is 9.90. The van der Waals surface area contributed by atoms with Crippen molar-refractivity contribution in [2.45, 2.75) is 58.0 Å². The van der Waals surface area contributed by atoms with Gasteiger partial charge in [-0.2, -0.15) is 0 Å². The smallest absolute Gasteiger partial charge is 0.295 e. The van der Waals surface area contributed by atoms with Gasteiger partial charge < -0.3 is 19.8 Å². The van der Waals surface area contributed by atoms with E-state index < -0.39 is 17.7 Å². The minimum absolute atomic E-state index is 0.00984. The summed E-state index contributed by atoms with van der Waals surface area (Å²) < 4.78 is 5.53. The summed E-state index contributed by atoms with van der Waals surface area (Å²) in [5, 5.41) is 21.5. The number of methoxy groups -OCH3 is 1. The Labute approximate surface area is 198 Å². The molecule has 2 aliphatic rings. The number of ketones is 1.